The molecule has 2 aliphatic rings. The van der Waals surface area contributed by atoms with E-state index >= 15 is 0 Å². The number of carbonyl (C=O) groups is 1. The normalized spacial score (nSPS) is 28.1. The number of methoxy groups -OCH3 is 1. The monoisotopic (exact) mass is 498 g/mol. The Kier molecular flexibility index (Phi) is 8.11. The summed E-state index contributed by atoms with van der Waals surface area (Å²) in [5, 5.41) is 13.0. The van der Waals surface area contributed by atoms with Gasteiger partial charge in [0.2, 0.25) is 0 Å². The molecular weight excluding hydrogens is 470 g/mol. The number of rotatable bonds is 9. The summed E-state index contributed by atoms with van der Waals surface area (Å²) in [5.41, 5.74) is 5.61. The fourth-order valence-corrected chi connectivity index (χ4v) is 5.13. The van der Waals surface area contributed by atoms with Crippen molar-refractivity contribution >= 4 is 19.6 Å². The molecule has 34 heavy (non-hydrogen) atoms. The number of alkyl halides is 1. The Labute approximate surface area is 196 Å². The standard InChI is InChI=1S/C21H28FN4O7P/c1-12(21(28)30-4)25-34(29,33-15-8-6-5-7-9-15)32-13(2)19-18(27)17(22)20(31-19)26-11-10-16(23)24-14(26)3/h5-13,17-20,27H,3H2,1-2,4H3,(H2,23,24)(H,25,29)/t12?,13?,17?,18?,19-,20-,34?/m1/s1. The molecule has 0 aromatic heterocycles. The number of para-hydroxylation sites is 1. The molecule has 1 aromatic rings. The van der Waals surface area contributed by atoms with Gasteiger partial charge in [0.15, 0.2) is 12.4 Å². The quantitative estimate of drug-likeness (QED) is 0.340. The Morgan fingerprint density at radius 3 is 2.68 bits per heavy atom. The van der Waals surface area contributed by atoms with Crippen LogP contribution in [-0.2, 0) is 23.4 Å². The summed E-state index contributed by atoms with van der Waals surface area (Å²) in [4.78, 5) is 17.1. The van der Waals surface area contributed by atoms with Gasteiger partial charge in [0, 0.05) is 6.20 Å². The molecule has 1 fully saturated rings. The van der Waals surface area contributed by atoms with Gasteiger partial charge in [-0.15, -0.1) is 0 Å². The van der Waals surface area contributed by atoms with Crippen LogP contribution in [0.2, 0.25) is 0 Å². The number of nitrogens with one attached hydrogen (secondary N) is 1. The van der Waals surface area contributed by atoms with Crippen molar-refractivity contribution in [1.29, 1.82) is 0 Å². The third-order valence-electron chi connectivity index (χ3n) is 5.11. The van der Waals surface area contributed by atoms with Crippen LogP contribution in [0.4, 0.5) is 4.39 Å². The largest absolute Gasteiger partial charge is 0.468 e. The van der Waals surface area contributed by atoms with Gasteiger partial charge in [0.1, 0.15) is 35.7 Å². The Morgan fingerprint density at radius 1 is 1.38 bits per heavy atom. The van der Waals surface area contributed by atoms with Gasteiger partial charge in [-0.3, -0.25) is 9.32 Å². The molecule has 0 spiro atoms. The van der Waals surface area contributed by atoms with E-state index in [1.54, 1.807) is 30.3 Å². The number of esters is 1. The van der Waals surface area contributed by atoms with E-state index in [2.05, 4.69) is 21.4 Å². The number of carbonyl (C=O) groups excluding carboxylic acids is 1. The molecule has 0 amide bonds. The zero-order valence-electron chi connectivity index (χ0n) is 18.9. The first kappa shape index (κ1) is 25.9. The van der Waals surface area contributed by atoms with E-state index < -0.39 is 50.5 Å². The lowest BCUT2D eigenvalue weighted by atomic mass is 10.1. The molecule has 4 N–H and O–H groups in total. The number of benzene rings is 1. The Morgan fingerprint density at radius 2 is 2.06 bits per heavy atom. The number of hydrogen-bond donors (Lipinski definition) is 3. The molecule has 7 atom stereocenters. The molecule has 0 aliphatic carbocycles. The lowest BCUT2D eigenvalue weighted by Gasteiger charge is -2.31. The molecule has 0 bridgehead atoms. The lowest BCUT2D eigenvalue weighted by molar-refractivity contribution is -0.142. The third-order valence-corrected chi connectivity index (χ3v) is 6.88. The summed E-state index contributed by atoms with van der Waals surface area (Å²) in [5.74, 6) is -0.194. The number of ether oxygens (including phenoxy) is 2. The first-order valence-corrected chi connectivity index (χ1v) is 11.9. The number of nitrogens with two attached hydrogens (primary N) is 1. The Balaban J connectivity index is 1.78. The average molecular weight is 498 g/mol. The van der Waals surface area contributed by atoms with Crippen LogP contribution < -0.4 is 15.3 Å². The second-order valence-corrected chi connectivity index (χ2v) is 9.33. The van der Waals surface area contributed by atoms with Crippen LogP contribution in [0.5, 0.6) is 5.75 Å². The molecular formula is C21H28FN4O7P. The molecule has 0 saturated carbocycles. The maximum atomic E-state index is 15.0. The van der Waals surface area contributed by atoms with Gasteiger partial charge in [-0.1, -0.05) is 24.8 Å². The van der Waals surface area contributed by atoms with Crippen LogP contribution in [0.15, 0.2) is 60.0 Å². The minimum atomic E-state index is -4.24. The van der Waals surface area contributed by atoms with Crippen molar-refractivity contribution in [3.8, 4) is 5.75 Å². The first-order chi connectivity index (χ1) is 16.0. The van der Waals surface area contributed by atoms with Crippen molar-refractivity contribution in [2.75, 3.05) is 7.11 Å². The number of halogens is 1. The predicted molar refractivity (Wildman–Crippen MR) is 121 cm³/mol. The van der Waals surface area contributed by atoms with Crippen molar-refractivity contribution in [3.05, 3.63) is 55.0 Å². The third kappa shape index (κ3) is 5.83. The topological polar surface area (TPSA) is 145 Å². The van der Waals surface area contributed by atoms with E-state index in [1.165, 1.54) is 38.1 Å². The number of aliphatic hydroxyl groups is 1. The van der Waals surface area contributed by atoms with Crippen molar-refractivity contribution in [2.45, 2.75) is 50.6 Å². The average Bonchev–Trinajstić information content (AvgIpc) is 3.08. The predicted octanol–water partition coefficient (Wildman–Crippen LogP) is 1.81. The highest BCUT2D eigenvalue weighted by Crippen LogP contribution is 2.47. The molecule has 13 heteroatoms. The van der Waals surface area contributed by atoms with Gasteiger partial charge in [-0.2, -0.15) is 5.09 Å². The van der Waals surface area contributed by atoms with Gasteiger partial charge < -0.3 is 29.7 Å². The Bertz CT molecular complexity index is 1010. The number of hydrogen-bond acceptors (Lipinski definition) is 10. The summed E-state index contributed by atoms with van der Waals surface area (Å²) in [6.07, 6.45) is -4.29. The van der Waals surface area contributed by atoms with E-state index in [0.717, 1.165) is 0 Å². The van der Waals surface area contributed by atoms with Crippen molar-refractivity contribution in [1.82, 2.24) is 9.99 Å². The number of amidine groups is 1. The summed E-state index contributed by atoms with van der Waals surface area (Å²) in [6, 6.07) is 7.07. The zero-order valence-corrected chi connectivity index (χ0v) is 19.8. The van der Waals surface area contributed by atoms with Crippen LogP contribution in [0, 0.1) is 0 Å². The van der Waals surface area contributed by atoms with E-state index in [9.17, 15) is 18.9 Å². The number of nitrogens with zero attached hydrogens (tertiary/aromatic N) is 2. The molecule has 1 aromatic carbocycles. The van der Waals surface area contributed by atoms with Crippen LogP contribution in [0.1, 0.15) is 13.8 Å². The van der Waals surface area contributed by atoms with Crippen LogP contribution in [-0.4, -0.2) is 65.7 Å². The highest BCUT2D eigenvalue weighted by molar-refractivity contribution is 7.52. The van der Waals surface area contributed by atoms with Gasteiger partial charge in [-0.05, 0) is 32.1 Å². The zero-order chi connectivity index (χ0) is 25.0. The van der Waals surface area contributed by atoms with Crippen molar-refractivity contribution in [2.24, 2.45) is 10.7 Å². The fourth-order valence-electron chi connectivity index (χ4n) is 3.44. The van der Waals surface area contributed by atoms with E-state index in [-0.39, 0.29) is 17.4 Å². The molecule has 0 radical (unpaired) electrons. The van der Waals surface area contributed by atoms with E-state index in [1.807, 2.05) is 0 Å². The second kappa shape index (κ2) is 10.7. The van der Waals surface area contributed by atoms with E-state index in [0.29, 0.717) is 0 Å². The van der Waals surface area contributed by atoms with Crippen LogP contribution in [0.25, 0.3) is 0 Å². The highest BCUT2D eigenvalue weighted by Gasteiger charge is 2.51. The molecule has 11 nitrogen and oxygen atoms in total. The molecule has 2 heterocycles. The van der Waals surface area contributed by atoms with Gasteiger partial charge in [0.05, 0.1) is 13.2 Å². The maximum Gasteiger partial charge on any atom is 0.459 e. The molecule has 1 saturated heterocycles. The molecule has 186 valence electrons. The lowest BCUT2D eigenvalue weighted by Crippen LogP contribution is -2.40. The van der Waals surface area contributed by atoms with Gasteiger partial charge in [0.25, 0.3) is 0 Å². The maximum absolute atomic E-state index is 15.0. The molecule has 2 aliphatic heterocycles. The number of aliphatic hydroxyl groups excluding tert-OH is 1. The molecule has 3 rings (SSSR count). The first-order valence-electron chi connectivity index (χ1n) is 10.4. The Hall–Kier alpha value is -2.76. The fraction of sp³-hybridized carbons (Fsp3) is 0.429. The van der Waals surface area contributed by atoms with Crippen molar-refractivity contribution < 1.29 is 37.4 Å². The SMILES string of the molecule is C=C1N=C(N)C=CN1[C@@H]1O[C@H](C(C)OP(=O)(NC(C)C(=O)OC)Oc2ccccc2)C(O)C1F. The number of aliphatic imine (C=N–C) groups is 1. The van der Waals surface area contributed by atoms with Crippen LogP contribution >= 0.6 is 7.75 Å². The highest BCUT2D eigenvalue weighted by atomic mass is 31.2. The van der Waals surface area contributed by atoms with E-state index in [4.69, 9.17) is 19.5 Å². The minimum absolute atomic E-state index is 0.126. The summed E-state index contributed by atoms with van der Waals surface area (Å²) in [7, 11) is -3.06. The second-order valence-electron chi connectivity index (χ2n) is 7.69. The smallest absolute Gasteiger partial charge is 0.459 e. The summed E-state index contributed by atoms with van der Waals surface area (Å²) in [6.45, 7) is 6.56. The van der Waals surface area contributed by atoms with Crippen molar-refractivity contribution in [3.63, 3.8) is 0 Å². The summed E-state index contributed by atoms with van der Waals surface area (Å²) < 4.78 is 50.1. The summed E-state index contributed by atoms with van der Waals surface area (Å²) >= 11 is 0. The van der Waals surface area contributed by atoms with Gasteiger partial charge in [-0.25, -0.2) is 13.9 Å². The minimum Gasteiger partial charge on any atom is -0.468 e. The van der Waals surface area contributed by atoms with Crippen LogP contribution in [0.3, 0.4) is 0 Å². The van der Waals surface area contributed by atoms with Gasteiger partial charge >= 0.3 is 13.7 Å². The molecule has 5 unspecified atom stereocenters.